The molecule has 0 aromatic carbocycles. The lowest BCUT2D eigenvalue weighted by Crippen LogP contribution is -2.60. The van der Waals surface area contributed by atoms with Crippen molar-refractivity contribution in [3.63, 3.8) is 0 Å². The van der Waals surface area contributed by atoms with Crippen molar-refractivity contribution in [3.8, 4) is 0 Å². The number of fused-ring (bicyclic) bond motifs is 4. The molecular formula is C24H38BF3. The lowest BCUT2D eigenvalue weighted by atomic mass is 9.14. The van der Waals surface area contributed by atoms with Crippen molar-refractivity contribution < 1.29 is 13.2 Å². The van der Waals surface area contributed by atoms with E-state index in [1.54, 1.807) is 0 Å². The van der Waals surface area contributed by atoms with Gasteiger partial charge in [-0.1, -0.05) is 90.3 Å². The molecule has 4 heteroatoms. The van der Waals surface area contributed by atoms with Crippen LogP contribution >= 0.6 is 0 Å². The predicted molar refractivity (Wildman–Crippen MR) is 112 cm³/mol. The van der Waals surface area contributed by atoms with Crippen LogP contribution < -0.4 is 0 Å². The highest BCUT2D eigenvalue weighted by Crippen LogP contribution is 2.74. The average molecular weight is 394 g/mol. The average Bonchev–Trinajstić information content (AvgIpc) is 2.57. The molecule has 6 fully saturated rings. The molecule has 6 aliphatic rings. The van der Waals surface area contributed by atoms with Gasteiger partial charge in [0.15, 0.2) is 6.71 Å². The van der Waals surface area contributed by atoms with Crippen LogP contribution in [0.3, 0.4) is 0 Å². The summed E-state index contributed by atoms with van der Waals surface area (Å²) in [7, 11) is 0. The SMILES string of the molecule is CC1(B(C/C=C\C(F)(F)F)C2(C)CC3CC(C2)C3(C)C)CC2CC(C1)C2(C)C. The highest BCUT2D eigenvalue weighted by molar-refractivity contribution is 6.66. The maximum atomic E-state index is 12.8. The van der Waals surface area contributed by atoms with Crippen molar-refractivity contribution >= 4 is 6.71 Å². The summed E-state index contributed by atoms with van der Waals surface area (Å²) < 4.78 is 38.5. The maximum Gasteiger partial charge on any atom is 0.409 e. The standard InChI is InChI=1S/C24H38BF3/c1-20(2)16-10-17(20)13-22(5,12-16)25(9-7-8-24(26,27)28)23(6)14-18-11-19(15-23)21(18,3)4/h7-8,16-19H,9-15H2,1-6H3/b8-7-. The van der Waals surface area contributed by atoms with E-state index in [2.05, 4.69) is 41.5 Å². The molecule has 4 atom stereocenters. The highest BCUT2D eigenvalue weighted by Gasteiger charge is 2.64. The van der Waals surface area contributed by atoms with Gasteiger partial charge in [-0.25, -0.2) is 0 Å². The summed E-state index contributed by atoms with van der Waals surface area (Å²) in [5.41, 5.74) is 0.868. The number of hydrogen-bond acceptors (Lipinski definition) is 0. The van der Waals surface area contributed by atoms with E-state index in [-0.39, 0.29) is 10.6 Å². The minimum atomic E-state index is -4.19. The van der Waals surface area contributed by atoms with Crippen molar-refractivity contribution in [1.82, 2.24) is 0 Å². The minimum Gasteiger partial charge on any atom is -0.167 e. The van der Waals surface area contributed by atoms with E-state index < -0.39 is 6.18 Å². The van der Waals surface area contributed by atoms with Crippen molar-refractivity contribution in [2.45, 2.75) is 103 Å². The maximum absolute atomic E-state index is 12.8. The zero-order valence-electron chi connectivity index (χ0n) is 18.6. The van der Waals surface area contributed by atoms with E-state index >= 15 is 0 Å². The molecule has 0 nitrogen and oxygen atoms in total. The normalized spacial score (nSPS) is 46.0. The summed E-state index contributed by atoms with van der Waals surface area (Å²) in [6.07, 6.45) is 5.83. The zero-order chi connectivity index (χ0) is 20.8. The second-order valence-electron chi connectivity index (χ2n) is 12.8. The Morgan fingerprint density at radius 1 is 0.750 bits per heavy atom. The van der Waals surface area contributed by atoms with Crippen molar-refractivity contribution in [2.24, 2.45) is 34.5 Å². The second kappa shape index (κ2) is 6.07. The van der Waals surface area contributed by atoms with Crippen LogP contribution in [0.4, 0.5) is 13.2 Å². The summed E-state index contributed by atoms with van der Waals surface area (Å²) >= 11 is 0. The quantitative estimate of drug-likeness (QED) is 0.334. The summed E-state index contributed by atoms with van der Waals surface area (Å²) in [6, 6.07) is 0. The lowest BCUT2D eigenvalue weighted by molar-refractivity contribution is -0.0928. The van der Waals surface area contributed by atoms with Crippen LogP contribution in [-0.2, 0) is 0 Å². The Bertz CT molecular complexity index is 587. The van der Waals surface area contributed by atoms with E-state index in [0.717, 1.165) is 23.7 Å². The van der Waals surface area contributed by atoms with Gasteiger partial charge in [0.25, 0.3) is 0 Å². The summed E-state index contributed by atoms with van der Waals surface area (Å²) in [5, 5.41) is 0.365. The molecular weight excluding hydrogens is 356 g/mol. The molecule has 4 bridgehead atoms. The predicted octanol–water partition coefficient (Wildman–Crippen LogP) is 8.03. The molecule has 0 heterocycles. The van der Waals surface area contributed by atoms with E-state index in [0.29, 0.717) is 29.9 Å². The van der Waals surface area contributed by atoms with Gasteiger partial charge in [-0.3, -0.25) is 0 Å². The number of alkyl halides is 3. The third kappa shape index (κ3) is 3.11. The van der Waals surface area contributed by atoms with Crippen LogP contribution in [0.25, 0.3) is 0 Å². The molecule has 0 N–H and O–H groups in total. The number of allylic oxidation sites excluding steroid dienone is 2. The van der Waals surface area contributed by atoms with E-state index in [1.165, 1.54) is 44.6 Å². The van der Waals surface area contributed by atoms with Crippen molar-refractivity contribution in [1.29, 1.82) is 0 Å². The van der Waals surface area contributed by atoms with Crippen LogP contribution in [0.2, 0.25) is 16.9 Å². The fourth-order valence-corrected chi connectivity index (χ4v) is 8.37. The molecule has 0 aliphatic heterocycles. The van der Waals surface area contributed by atoms with Crippen LogP contribution in [-0.4, -0.2) is 12.9 Å². The van der Waals surface area contributed by atoms with Gasteiger partial charge in [-0.2, -0.15) is 13.2 Å². The molecule has 6 rings (SSSR count). The minimum absolute atomic E-state index is 0.182. The van der Waals surface area contributed by atoms with Crippen molar-refractivity contribution in [2.75, 3.05) is 0 Å². The Kier molecular flexibility index (Phi) is 4.52. The van der Waals surface area contributed by atoms with Gasteiger partial charge >= 0.3 is 6.18 Å². The molecule has 158 valence electrons. The van der Waals surface area contributed by atoms with E-state index in [4.69, 9.17) is 0 Å². The molecule has 0 amide bonds. The third-order valence-corrected chi connectivity index (χ3v) is 10.6. The van der Waals surface area contributed by atoms with Crippen LogP contribution in [0.15, 0.2) is 12.2 Å². The fraction of sp³-hybridized carbons (Fsp3) is 0.917. The van der Waals surface area contributed by atoms with Crippen LogP contribution in [0.5, 0.6) is 0 Å². The smallest absolute Gasteiger partial charge is 0.167 e. The molecule has 6 saturated carbocycles. The van der Waals surface area contributed by atoms with Gasteiger partial charge < -0.3 is 0 Å². The van der Waals surface area contributed by atoms with E-state index in [9.17, 15) is 13.2 Å². The number of halogens is 3. The Morgan fingerprint density at radius 3 is 1.39 bits per heavy atom. The van der Waals surface area contributed by atoms with Crippen LogP contribution in [0, 0.1) is 34.5 Å². The van der Waals surface area contributed by atoms with Gasteiger partial charge in [0.2, 0.25) is 0 Å². The molecule has 6 aliphatic carbocycles. The Hall–Kier alpha value is -0.405. The lowest BCUT2D eigenvalue weighted by Gasteiger charge is -2.68. The third-order valence-electron chi connectivity index (χ3n) is 10.6. The molecule has 4 unspecified atom stereocenters. The first-order valence-corrected chi connectivity index (χ1v) is 11.4. The Balaban J connectivity index is 1.59. The summed E-state index contributed by atoms with van der Waals surface area (Å²) in [6.45, 7) is 14.8. The molecule has 0 radical (unpaired) electrons. The highest BCUT2D eigenvalue weighted by atomic mass is 19.4. The molecule has 0 aromatic rings. The second-order valence-corrected chi connectivity index (χ2v) is 12.8. The van der Waals surface area contributed by atoms with Crippen LogP contribution in [0.1, 0.15) is 80.1 Å². The number of hydrogen-bond donors (Lipinski definition) is 0. The molecule has 28 heavy (non-hydrogen) atoms. The van der Waals surface area contributed by atoms with Gasteiger partial charge in [-0.05, 0) is 47.3 Å². The fourth-order valence-electron chi connectivity index (χ4n) is 8.37. The van der Waals surface area contributed by atoms with Gasteiger partial charge in [0, 0.05) is 6.08 Å². The first kappa shape index (κ1) is 20.9. The van der Waals surface area contributed by atoms with Gasteiger partial charge in [0.1, 0.15) is 0 Å². The molecule has 0 spiro atoms. The molecule has 0 saturated heterocycles. The van der Waals surface area contributed by atoms with Gasteiger partial charge in [0.05, 0.1) is 0 Å². The first-order valence-electron chi connectivity index (χ1n) is 11.4. The summed E-state index contributed by atoms with van der Waals surface area (Å²) in [5.74, 6) is 3.01. The zero-order valence-corrected chi connectivity index (χ0v) is 18.6. The Morgan fingerprint density at radius 2 is 1.11 bits per heavy atom. The van der Waals surface area contributed by atoms with Crippen molar-refractivity contribution in [3.05, 3.63) is 12.2 Å². The topological polar surface area (TPSA) is 0 Å². The number of rotatable bonds is 4. The molecule has 0 aromatic heterocycles. The Labute approximate surface area is 170 Å². The largest absolute Gasteiger partial charge is 0.409 e. The summed E-state index contributed by atoms with van der Waals surface area (Å²) in [4.78, 5) is 0. The monoisotopic (exact) mass is 394 g/mol. The first-order chi connectivity index (χ1) is 12.7. The van der Waals surface area contributed by atoms with Gasteiger partial charge in [-0.15, -0.1) is 0 Å². The van der Waals surface area contributed by atoms with E-state index in [1.807, 2.05) is 0 Å².